The van der Waals surface area contributed by atoms with Crippen molar-refractivity contribution in [2.24, 2.45) is 5.73 Å². The minimum Gasteiger partial charge on any atom is -0.456 e. The number of nitrogens with zero attached hydrogens (tertiary/aromatic N) is 2. The second kappa shape index (κ2) is 10.1. The number of rotatable bonds is 4. The number of alkyl carbamates (subject to hydrolysis) is 1. The Morgan fingerprint density at radius 2 is 1.83 bits per heavy atom. The molecule has 0 spiro atoms. The van der Waals surface area contributed by atoms with Crippen LogP contribution in [-0.2, 0) is 16.0 Å². The molecule has 11 heteroatoms. The summed E-state index contributed by atoms with van der Waals surface area (Å²) in [6.45, 7) is 11.4. The number of nitrogens with one attached hydrogen (secondary N) is 1. The van der Waals surface area contributed by atoms with E-state index in [1.165, 1.54) is 6.20 Å². The molecule has 3 aromatic rings. The summed E-state index contributed by atoms with van der Waals surface area (Å²) in [5.41, 5.74) is 5.34. The maximum absolute atomic E-state index is 16.0. The molecule has 0 aliphatic carbocycles. The highest BCUT2D eigenvalue weighted by Crippen LogP contribution is 2.47. The summed E-state index contributed by atoms with van der Waals surface area (Å²) >= 11 is 0. The average Bonchev–Trinajstić information content (AvgIpc) is 3.30. The first-order valence-electron chi connectivity index (χ1n) is 13.6. The Balaban J connectivity index is 1.63. The van der Waals surface area contributed by atoms with Crippen molar-refractivity contribution in [3.05, 3.63) is 57.6 Å². The molecule has 0 radical (unpaired) electrons. The molecule has 1 fully saturated rings. The van der Waals surface area contributed by atoms with Gasteiger partial charge in [0.05, 0.1) is 17.1 Å². The van der Waals surface area contributed by atoms with E-state index in [9.17, 15) is 14.4 Å². The highest BCUT2D eigenvalue weighted by atomic mass is 19.1. The number of hydrogen-bond acceptors (Lipinski definition) is 8. The van der Waals surface area contributed by atoms with Crippen LogP contribution in [-0.4, -0.2) is 47.0 Å². The van der Waals surface area contributed by atoms with Crippen LogP contribution >= 0.6 is 0 Å². The molecule has 2 aliphatic heterocycles. The van der Waals surface area contributed by atoms with Crippen molar-refractivity contribution in [1.29, 1.82) is 0 Å². The number of benzene rings is 2. The van der Waals surface area contributed by atoms with Crippen molar-refractivity contribution in [3.63, 3.8) is 0 Å². The zero-order valence-corrected chi connectivity index (χ0v) is 24.1. The van der Waals surface area contributed by atoms with Gasteiger partial charge < -0.3 is 34.7 Å². The molecule has 2 aromatic carbocycles. The highest BCUT2D eigenvalue weighted by Gasteiger charge is 2.35. The van der Waals surface area contributed by atoms with E-state index >= 15 is 4.39 Å². The molecule has 2 aliphatic rings. The van der Waals surface area contributed by atoms with E-state index in [-0.39, 0.29) is 35.0 Å². The first-order chi connectivity index (χ1) is 19.1. The van der Waals surface area contributed by atoms with Crippen LogP contribution in [0.15, 0.2) is 35.3 Å². The summed E-state index contributed by atoms with van der Waals surface area (Å²) < 4.78 is 34.8. The third-order valence-electron chi connectivity index (χ3n) is 6.75. The van der Waals surface area contributed by atoms with E-state index in [2.05, 4.69) is 5.32 Å². The molecule has 1 atom stereocenters. The third-order valence-corrected chi connectivity index (χ3v) is 6.75. The van der Waals surface area contributed by atoms with Gasteiger partial charge in [-0.05, 0) is 71.7 Å². The minimum absolute atomic E-state index is 0.0132. The van der Waals surface area contributed by atoms with Gasteiger partial charge >= 0.3 is 12.1 Å². The van der Waals surface area contributed by atoms with Gasteiger partial charge in [-0.2, -0.15) is 0 Å². The zero-order valence-electron chi connectivity index (χ0n) is 24.1. The fourth-order valence-corrected chi connectivity index (χ4v) is 5.11. The zero-order chi connectivity index (χ0) is 29.9. The number of amides is 1. The Bertz CT molecular complexity index is 1620. The lowest BCUT2D eigenvalue weighted by Gasteiger charge is -2.29. The Hall–Kier alpha value is -4.12. The van der Waals surface area contributed by atoms with Crippen LogP contribution in [0.1, 0.15) is 63.9 Å². The number of hydrogen-bond donors (Lipinski definition) is 2. The average molecular weight is 567 g/mol. The molecule has 1 unspecified atom stereocenters. The van der Waals surface area contributed by atoms with Gasteiger partial charge in [-0.1, -0.05) is 6.07 Å². The van der Waals surface area contributed by atoms with Gasteiger partial charge in [0.2, 0.25) is 5.43 Å². The van der Waals surface area contributed by atoms with Gasteiger partial charge in [-0.25, -0.2) is 14.0 Å². The summed E-state index contributed by atoms with van der Waals surface area (Å²) in [5.74, 6) is -0.947. The second-order valence-electron chi connectivity index (χ2n) is 12.4. The van der Waals surface area contributed by atoms with Crippen LogP contribution in [0.3, 0.4) is 0 Å². The largest absolute Gasteiger partial charge is 0.456 e. The van der Waals surface area contributed by atoms with E-state index in [1.807, 2.05) is 6.07 Å². The molecule has 0 saturated carbocycles. The van der Waals surface area contributed by atoms with Crippen molar-refractivity contribution in [2.75, 3.05) is 18.0 Å². The van der Waals surface area contributed by atoms with E-state index in [0.29, 0.717) is 36.5 Å². The van der Waals surface area contributed by atoms with Crippen molar-refractivity contribution in [2.45, 2.75) is 71.8 Å². The van der Waals surface area contributed by atoms with Crippen LogP contribution in [0.4, 0.5) is 14.9 Å². The van der Waals surface area contributed by atoms with Crippen molar-refractivity contribution in [1.82, 2.24) is 9.88 Å². The Labute approximate surface area is 237 Å². The second-order valence-corrected chi connectivity index (χ2v) is 12.4. The number of carbonyl (C=O) groups is 2. The lowest BCUT2D eigenvalue weighted by atomic mass is 10.0. The molecular formula is C30H35FN4O6. The van der Waals surface area contributed by atoms with Gasteiger partial charge in [0, 0.05) is 25.8 Å². The number of aromatic nitrogens is 1. The van der Waals surface area contributed by atoms with Crippen molar-refractivity contribution < 1.29 is 28.2 Å². The van der Waals surface area contributed by atoms with Gasteiger partial charge in [0.1, 0.15) is 28.0 Å². The van der Waals surface area contributed by atoms with Gasteiger partial charge in [-0.3, -0.25) is 4.79 Å². The minimum atomic E-state index is -0.836. The number of halogens is 1. The summed E-state index contributed by atoms with van der Waals surface area (Å²) in [6, 6.07) is 6.20. The predicted molar refractivity (Wildman–Crippen MR) is 153 cm³/mol. The number of carbonyl (C=O) groups excluding carboxylic acids is 2. The maximum atomic E-state index is 16.0. The number of pyridine rings is 1. The molecular weight excluding hydrogens is 531 g/mol. The predicted octanol–water partition coefficient (Wildman–Crippen LogP) is 4.75. The summed E-state index contributed by atoms with van der Waals surface area (Å²) in [6.07, 6.45) is 1.42. The standard InChI is InChI=1S/C30H35FN4O6/c1-29(2,3)40-27(37)19-15-35-21-8-7-16(13-32)11-22(21)39-26-23(35)18(25(19)36)12-20(31)24(26)34-10-9-17(14-34)33-28(38)41-30(4,5)6/h7-8,11-12,15,17H,9-10,13-14,32H2,1-6H3,(H,33,38). The van der Waals surface area contributed by atoms with Gasteiger partial charge in [0.15, 0.2) is 17.3 Å². The normalized spacial score (nSPS) is 16.3. The Morgan fingerprint density at radius 3 is 2.49 bits per heavy atom. The lowest BCUT2D eigenvalue weighted by Crippen LogP contribution is -2.40. The topological polar surface area (TPSA) is 125 Å². The fourth-order valence-electron chi connectivity index (χ4n) is 5.11. The maximum Gasteiger partial charge on any atom is 0.407 e. The number of ether oxygens (including phenoxy) is 3. The molecule has 1 aromatic heterocycles. The van der Waals surface area contributed by atoms with Crippen LogP contribution in [0.5, 0.6) is 11.5 Å². The number of nitrogens with two attached hydrogens (primary N) is 1. The highest BCUT2D eigenvalue weighted by molar-refractivity contribution is 5.99. The van der Waals surface area contributed by atoms with Crippen LogP contribution < -0.4 is 26.1 Å². The quantitative estimate of drug-likeness (QED) is 0.339. The van der Waals surface area contributed by atoms with Crippen molar-refractivity contribution >= 4 is 28.7 Å². The van der Waals surface area contributed by atoms with E-state index in [1.54, 1.807) is 63.1 Å². The third kappa shape index (κ3) is 5.58. The number of esters is 1. The Morgan fingerprint density at radius 1 is 1.12 bits per heavy atom. The lowest BCUT2D eigenvalue weighted by molar-refractivity contribution is 0.00672. The van der Waals surface area contributed by atoms with Gasteiger partial charge in [0.25, 0.3) is 0 Å². The molecule has 0 bridgehead atoms. The Kier molecular flexibility index (Phi) is 6.97. The molecule has 1 amide bonds. The monoisotopic (exact) mass is 566 g/mol. The number of fused-ring (bicyclic) bond motifs is 2. The van der Waals surface area contributed by atoms with Crippen molar-refractivity contribution in [3.8, 4) is 17.2 Å². The summed E-state index contributed by atoms with van der Waals surface area (Å²) in [5, 5.41) is 2.83. The van der Waals surface area contributed by atoms with E-state index in [4.69, 9.17) is 19.9 Å². The van der Waals surface area contributed by atoms with Crippen LogP contribution in [0, 0.1) is 5.82 Å². The SMILES string of the molecule is CC(C)(C)OC(=O)NC1CCN(c2c(F)cc3c(=O)c(C(=O)OC(C)(C)C)cn4c3c2Oc2cc(CN)ccc2-4)C1. The van der Waals surface area contributed by atoms with E-state index < -0.39 is 34.5 Å². The van der Waals surface area contributed by atoms with Gasteiger partial charge in [-0.15, -0.1) is 0 Å². The molecule has 5 rings (SSSR count). The first-order valence-corrected chi connectivity index (χ1v) is 13.6. The molecule has 218 valence electrons. The molecule has 10 nitrogen and oxygen atoms in total. The van der Waals surface area contributed by atoms with E-state index in [0.717, 1.165) is 11.6 Å². The smallest absolute Gasteiger partial charge is 0.407 e. The van der Waals surface area contributed by atoms with Crippen LogP contribution in [0.2, 0.25) is 0 Å². The first kappa shape index (κ1) is 28.4. The molecule has 3 N–H and O–H groups in total. The molecule has 3 heterocycles. The summed E-state index contributed by atoms with van der Waals surface area (Å²) in [4.78, 5) is 40.7. The van der Waals surface area contributed by atoms with Crippen LogP contribution in [0.25, 0.3) is 16.6 Å². The fraction of sp³-hybridized carbons (Fsp3) is 0.433. The summed E-state index contributed by atoms with van der Waals surface area (Å²) in [7, 11) is 0. The molecule has 41 heavy (non-hydrogen) atoms. The molecule has 1 saturated heterocycles. The number of anilines is 1.